The van der Waals surface area contributed by atoms with Gasteiger partial charge in [-0.25, -0.2) is 0 Å². The number of alkyl halides is 3. The van der Waals surface area contributed by atoms with E-state index >= 15 is 0 Å². The van der Waals surface area contributed by atoms with Crippen LogP contribution in [0.1, 0.15) is 34.8 Å². The predicted octanol–water partition coefficient (Wildman–Crippen LogP) is 5.51. The van der Waals surface area contributed by atoms with Crippen LogP contribution in [0.25, 0.3) is 0 Å². The summed E-state index contributed by atoms with van der Waals surface area (Å²) in [6.07, 6.45) is -1.44. The van der Waals surface area contributed by atoms with Gasteiger partial charge in [-0.15, -0.1) is 0 Å². The van der Waals surface area contributed by atoms with Crippen molar-refractivity contribution in [3.05, 3.63) is 89.2 Å². The number of para-hydroxylation sites is 1. The van der Waals surface area contributed by atoms with E-state index in [2.05, 4.69) is 9.47 Å². The number of rotatable bonds is 4. The number of hydrogen-bond acceptors (Lipinski definition) is 2. The largest absolute Gasteiger partial charge is 0.496 e. The van der Waals surface area contributed by atoms with E-state index in [1.807, 2.05) is 42.6 Å². The first-order valence-corrected chi connectivity index (χ1v) is 9.65. The molecule has 3 nitrogen and oxygen atoms in total. The Bertz CT molecular complexity index is 980. The van der Waals surface area contributed by atoms with Gasteiger partial charge < -0.3 is 9.30 Å². The number of methoxy groups -OCH3 is 1. The van der Waals surface area contributed by atoms with Gasteiger partial charge in [-0.3, -0.25) is 4.90 Å². The molecule has 2 aromatic carbocycles. The number of fused-ring (bicyclic) bond motifs is 1. The van der Waals surface area contributed by atoms with Crippen molar-refractivity contribution in [3.63, 3.8) is 0 Å². The summed E-state index contributed by atoms with van der Waals surface area (Å²) in [7, 11) is 1.64. The molecule has 0 fully saturated rings. The van der Waals surface area contributed by atoms with Crippen LogP contribution in [0.4, 0.5) is 13.2 Å². The minimum absolute atomic E-state index is 0.264. The SMILES string of the molecule is COc1ccccc1CN1CCCn2cccc2[C@H]1c1cccc(C(F)(F)F)c1. The molecule has 1 aliphatic heterocycles. The lowest BCUT2D eigenvalue weighted by Crippen LogP contribution is -2.30. The second kappa shape index (κ2) is 7.95. The fraction of sp³-hybridized carbons (Fsp3) is 0.304. The van der Waals surface area contributed by atoms with E-state index in [9.17, 15) is 13.2 Å². The van der Waals surface area contributed by atoms with Crippen LogP contribution in [0.15, 0.2) is 66.9 Å². The summed E-state index contributed by atoms with van der Waals surface area (Å²) >= 11 is 0. The molecule has 0 aliphatic carbocycles. The van der Waals surface area contributed by atoms with E-state index < -0.39 is 11.7 Å². The van der Waals surface area contributed by atoms with Gasteiger partial charge >= 0.3 is 6.18 Å². The highest BCUT2D eigenvalue weighted by atomic mass is 19.4. The fourth-order valence-electron chi connectivity index (χ4n) is 4.13. The van der Waals surface area contributed by atoms with Crippen LogP contribution in [0.5, 0.6) is 5.75 Å². The molecule has 1 atom stereocenters. The normalized spacial score (nSPS) is 17.6. The van der Waals surface area contributed by atoms with Gasteiger partial charge in [0, 0.05) is 37.1 Å². The second-order valence-corrected chi connectivity index (χ2v) is 7.29. The minimum atomic E-state index is -4.36. The summed E-state index contributed by atoms with van der Waals surface area (Å²) in [6, 6.07) is 17.2. The zero-order valence-electron chi connectivity index (χ0n) is 16.2. The van der Waals surface area contributed by atoms with Gasteiger partial charge in [0.1, 0.15) is 5.75 Å². The Kier molecular flexibility index (Phi) is 5.37. The Morgan fingerprint density at radius 1 is 1.00 bits per heavy atom. The topological polar surface area (TPSA) is 17.4 Å². The van der Waals surface area contributed by atoms with Crippen molar-refractivity contribution in [1.29, 1.82) is 0 Å². The molecule has 6 heteroatoms. The second-order valence-electron chi connectivity index (χ2n) is 7.29. The number of nitrogens with zero attached hydrogens (tertiary/aromatic N) is 2. The maximum absolute atomic E-state index is 13.4. The van der Waals surface area contributed by atoms with Crippen LogP contribution in [0, 0.1) is 0 Å². The number of aromatic nitrogens is 1. The third-order valence-electron chi connectivity index (χ3n) is 5.45. The Morgan fingerprint density at radius 3 is 2.62 bits per heavy atom. The van der Waals surface area contributed by atoms with E-state index in [-0.39, 0.29) is 6.04 Å². The lowest BCUT2D eigenvalue weighted by atomic mass is 9.98. The molecular formula is C23H23F3N2O. The highest BCUT2D eigenvalue weighted by Gasteiger charge is 2.33. The molecule has 1 aliphatic rings. The average molecular weight is 400 g/mol. The summed E-state index contributed by atoms with van der Waals surface area (Å²) in [5.41, 5.74) is 2.06. The van der Waals surface area contributed by atoms with Crippen LogP contribution in [0.3, 0.4) is 0 Å². The van der Waals surface area contributed by atoms with Gasteiger partial charge in [0.15, 0.2) is 0 Å². The van der Waals surface area contributed by atoms with E-state index in [0.29, 0.717) is 12.1 Å². The van der Waals surface area contributed by atoms with E-state index in [1.54, 1.807) is 13.2 Å². The van der Waals surface area contributed by atoms with Crippen molar-refractivity contribution in [2.45, 2.75) is 31.7 Å². The number of hydrogen-bond donors (Lipinski definition) is 0. The fourth-order valence-corrected chi connectivity index (χ4v) is 4.13. The lowest BCUT2D eigenvalue weighted by molar-refractivity contribution is -0.137. The summed E-state index contributed by atoms with van der Waals surface area (Å²) in [5, 5.41) is 0. The zero-order valence-corrected chi connectivity index (χ0v) is 16.2. The lowest BCUT2D eigenvalue weighted by Gasteiger charge is -2.31. The Morgan fingerprint density at radius 2 is 1.83 bits per heavy atom. The highest BCUT2D eigenvalue weighted by molar-refractivity contribution is 5.36. The first-order valence-electron chi connectivity index (χ1n) is 9.65. The third-order valence-corrected chi connectivity index (χ3v) is 5.45. The molecule has 29 heavy (non-hydrogen) atoms. The van der Waals surface area contributed by atoms with Crippen molar-refractivity contribution in [2.75, 3.05) is 13.7 Å². The molecule has 152 valence electrons. The molecule has 0 spiro atoms. The minimum Gasteiger partial charge on any atom is -0.496 e. The third kappa shape index (κ3) is 4.03. The van der Waals surface area contributed by atoms with Crippen LogP contribution in [0.2, 0.25) is 0 Å². The van der Waals surface area contributed by atoms with Crippen molar-refractivity contribution in [3.8, 4) is 5.75 Å². The van der Waals surface area contributed by atoms with E-state index in [0.717, 1.165) is 42.6 Å². The summed E-state index contributed by atoms with van der Waals surface area (Å²) in [6.45, 7) is 2.22. The number of ether oxygens (including phenoxy) is 1. The number of halogens is 3. The monoisotopic (exact) mass is 400 g/mol. The van der Waals surface area contributed by atoms with Crippen LogP contribution >= 0.6 is 0 Å². The molecule has 0 N–H and O–H groups in total. The van der Waals surface area contributed by atoms with Gasteiger partial charge in [-0.1, -0.05) is 30.3 Å². The summed E-state index contributed by atoms with van der Waals surface area (Å²) in [5.74, 6) is 0.787. The van der Waals surface area contributed by atoms with Crippen molar-refractivity contribution < 1.29 is 17.9 Å². The van der Waals surface area contributed by atoms with Gasteiger partial charge in [-0.05, 0) is 42.3 Å². The molecule has 2 heterocycles. The van der Waals surface area contributed by atoms with E-state index in [1.165, 1.54) is 12.1 Å². The average Bonchev–Trinajstić information content (AvgIpc) is 3.09. The molecule has 0 radical (unpaired) electrons. The van der Waals surface area contributed by atoms with E-state index in [4.69, 9.17) is 4.74 Å². The molecule has 0 saturated heterocycles. The maximum Gasteiger partial charge on any atom is 0.416 e. The first-order chi connectivity index (χ1) is 14.0. The zero-order chi connectivity index (χ0) is 20.4. The molecule has 0 unspecified atom stereocenters. The summed E-state index contributed by atoms with van der Waals surface area (Å²) < 4.78 is 47.7. The van der Waals surface area contributed by atoms with Crippen LogP contribution in [-0.4, -0.2) is 23.1 Å². The molecule has 3 aromatic rings. The predicted molar refractivity (Wildman–Crippen MR) is 106 cm³/mol. The van der Waals surface area contributed by atoms with Crippen molar-refractivity contribution >= 4 is 0 Å². The summed E-state index contributed by atoms with van der Waals surface area (Å²) in [4.78, 5) is 2.24. The first kappa shape index (κ1) is 19.6. The van der Waals surface area contributed by atoms with Gasteiger partial charge in [-0.2, -0.15) is 13.2 Å². The molecule has 0 bridgehead atoms. The smallest absolute Gasteiger partial charge is 0.416 e. The molecule has 0 saturated carbocycles. The Labute approximate surface area is 168 Å². The van der Waals surface area contributed by atoms with Gasteiger partial charge in [0.2, 0.25) is 0 Å². The maximum atomic E-state index is 13.4. The molecular weight excluding hydrogens is 377 g/mol. The number of benzene rings is 2. The van der Waals surface area contributed by atoms with Gasteiger partial charge in [0.05, 0.1) is 18.7 Å². The van der Waals surface area contributed by atoms with Crippen molar-refractivity contribution in [2.24, 2.45) is 0 Å². The van der Waals surface area contributed by atoms with Crippen LogP contribution < -0.4 is 4.74 Å². The standard InChI is InChI=1S/C23H23F3N2O/c1-29-21-11-3-2-7-18(21)16-28-14-6-13-27-12-5-10-20(27)22(28)17-8-4-9-19(15-17)23(24,25)26/h2-5,7-12,15,22H,6,13-14,16H2,1H3/t22-/m1/s1. The molecule has 0 amide bonds. The molecule has 4 rings (SSSR count). The van der Waals surface area contributed by atoms with Crippen molar-refractivity contribution in [1.82, 2.24) is 9.47 Å². The molecule has 1 aromatic heterocycles. The highest BCUT2D eigenvalue weighted by Crippen LogP contribution is 2.37. The Balaban J connectivity index is 1.78. The Hall–Kier alpha value is -2.73. The van der Waals surface area contributed by atoms with Crippen LogP contribution in [-0.2, 0) is 19.3 Å². The van der Waals surface area contributed by atoms with Gasteiger partial charge in [0.25, 0.3) is 0 Å². The number of aryl methyl sites for hydroxylation is 1. The quantitative estimate of drug-likeness (QED) is 0.575.